The lowest BCUT2D eigenvalue weighted by atomic mass is 10.1. The first-order valence-electron chi connectivity index (χ1n) is 7.75. The van der Waals surface area contributed by atoms with Gasteiger partial charge in [-0.05, 0) is 44.0 Å². The predicted molar refractivity (Wildman–Crippen MR) is 98.3 cm³/mol. The van der Waals surface area contributed by atoms with E-state index in [1.807, 2.05) is 63.2 Å². The van der Waals surface area contributed by atoms with Crippen molar-refractivity contribution in [3.63, 3.8) is 0 Å². The van der Waals surface area contributed by atoms with E-state index in [1.54, 1.807) is 11.8 Å². The molecule has 0 unspecified atom stereocenters. The van der Waals surface area contributed by atoms with Crippen molar-refractivity contribution in [2.75, 3.05) is 17.7 Å². The highest BCUT2D eigenvalue weighted by atomic mass is 32.2. The fourth-order valence-corrected chi connectivity index (χ4v) is 3.05. The zero-order valence-electron chi connectivity index (χ0n) is 13.9. The summed E-state index contributed by atoms with van der Waals surface area (Å²) in [6.45, 7) is 6.64. The molecule has 0 bridgehead atoms. The first-order valence-corrected chi connectivity index (χ1v) is 8.91. The van der Waals surface area contributed by atoms with Crippen molar-refractivity contribution in [3.8, 4) is 5.75 Å². The highest BCUT2D eigenvalue weighted by Crippen LogP contribution is 2.23. The van der Waals surface area contributed by atoms with Crippen LogP contribution >= 0.6 is 11.8 Å². The molecule has 2 rings (SSSR count). The molecular weight excluding hydrogens is 306 g/mol. The number of para-hydroxylation sites is 1. The number of nitrogens with one attached hydrogen (secondary N) is 1. The highest BCUT2D eigenvalue weighted by molar-refractivity contribution is 7.99. The summed E-state index contributed by atoms with van der Waals surface area (Å²) in [4.78, 5) is 12.1. The van der Waals surface area contributed by atoms with E-state index in [0.29, 0.717) is 12.4 Å². The van der Waals surface area contributed by atoms with Gasteiger partial charge >= 0.3 is 0 Å². The van der Waals surface area contributed by atoms with Gasteiger partial charge in [-0.25, -0.2) is 0 Å². The molecule has 23 heavy (non-hydrogen) atoms. The summed E-state index contributed by atoms with van der Waals surface area (Å²) >= 11 is 1.59. The number of carbonyl (C=O) groups excluding carboxylic acids is 1. The molecule has 3 nitrogen and oxygen atoms in total. The number of anilines is 1. The third-order valence-electron chi connectivity index (χ3n) is 3.43. The first kappa shape index (κ1) is 17.4. The third-order valence-corrected chi connectivity index (χ3v) is 4.41. The average Bonchev–Trinajstić information content (AvgIpc) is 2.53. The zero-order valence-corrected chi connectivity index (χ0v) is 14.7. The molecule has 0 aliphatic rings. The molecule has 0 spiro atoms. The van der Waals surface area contributed by atoms with Crippen molar-refractivity contribution in [3.05, 3.63) is 59.2 Å². The lowest BCUT2D eigenvalue weighted by molar-refractivity contribution is -0.113. The number of rotatable bonds is 7. The molecule has 0 saturated carbocycles. The summed E-state index contributed by atoms with van der Waals surface area (Å²) in [5, 5.41) is 2.99. The van der Waals surface area contributed by atoms with Crippen LogP contribution in [0.2, 0.25) is 0 Å². The largest absolute Gasteiger partial charge is 0.494 e. The van der Waals surface area contributed by atoms with Crippen LogP contribution in [-0.4, -0.2) is 18.3 Å². The Balaban J connectivity index is 1.87. The molecule has 1 N–H and O–H groups in total. The Morgan fingerprint density at radius 3 is 2.74 bits per heavy atom. The van der Waals surface area contributed by atoms with E-state index in [9.17, 15) is 4.79 Å². The Bertz CT molecular complexity index is 670. The van der Waals surface area contributed by atoms with E-state index in [1.165, 1.54) is 0 Å². The normalized spacial score (nSPS) is 10.4. The standard InChI is InChI=1S/C19H23NO2S/c1-4-22-18-8-6-5-7-16(18)12-23-13-19(21)20-17-11-14(2)9-10-15(17)3/h5-11H,4,12-13H2,1-3H3,(H,20,21). The Morgan fingerprint density at radius 2 is 1.96 bits per heavy atom. The van der Waals surface area contributed by atoms with Gasteiger partial charge in [0.1, 0.15) is 5.75 Å². The Morgan fingerprint density at radius 1 is 1.17 bits per heavy atom. The van der Waals surface area contributed by atoms with Crippen molar-refractivity contribution in [2.45, 2.75) is 26.5 Å². The maximum absolute atomic E-state index is 12.1. The van der Waals surface area contributed by atoms with Crippen LogP contribution in [0.15, 0.2) is 42.5 Å². The average molecular weight is 329 g/mol. The molecular formula is C19H23NO2S. The van der Waals surface area contributed by atoms with Crippen LogP contribution in [0.25, 0.3) is 0 Å². The molecule has 2 aromatic rings. The number of carbonyl (C=O) groups is 1. The molecule has 0 aromatic heterocycles. The van der Waals surface area contributed by atoms with E-state index in [2.05, 4.69) is 5.32 Å². The lowest BCUT2D eigenvalue weighted by Crippen LogP contribution is -2.15. The summed E-state index contributed by atoms with van der Waals surface area (Å²) in [5.74, 6) is 2.11. The number of amides is 1. The topological polar surface area (TPSA) is 38.3 Å². The minimum absolute atomic E-state index is 0.0255. The van der Waals surface area contributed by atoms with Crippen molar-refractivity contribution in [1.82, 2.24) is 0 Å². The second-order valence-corrected chi connectivity index (χ2v) is 6.39. The SMILES string of the molecule is CCOc1ccccc1CSCC(=O)Nc1cc(C)ccc1C. The fourth-order valence-electron chi connectivity index (χ4n) is 2.23. The van der Waals surface area contributed by atoms with Crippen LogP contribution in [0.1, 0.15) is 23.6 Å². The molecule has 0 atom stereocenters. The van der Waals surface area contributed by atoms with Gasteiger partial charge in [0.15, 0.2) is 0 Å². The quantitative estimate of drug-likeness (QED) is 0.808. The number of thioether (sulfide) groups is 1. The summed E-state index contributed by atoms with van der Waals surface area (Å²) in [5.41, 5.74) is 4.24. The second-order valence-electron chi connectivity index (χ2n) is 5.40. The van der Waals surface area contributed by atoms with Crippen LogP contribution in [0.5, 0.6) is 5.75 Å². The van der Waals surface area contributed by atoms with Gasteiger partial charge in [-0.2, -0.15) is 0 Å². The van der Waals surface area contributed by atoms with Crippen molar-refractivity contribution in [1.29, 1.82) is 0 Å². The number of benzene rings is 2. The fraction of sp³-hybridized carbons (Fsp3) is 0.316. The number of ether oxygens (including phenoxy) is 1. The van der Waals surface area contributed by atoms with E-state index in [-0.39, 0.29) is 5.91 Å². The third kappa shape index (κ3) is 5.32. The Kier molecular flexibility index (Phi) is 6.53. The van der Waals surface area contributed by atoms with Crippen LogP contribution < -0.4 is 10.1 Å². The Hall–Kier alpha value is -1.94. The van der Waals surface area contributed by atoms with E-state index in [0.717, 1.165) is 33.9 Å². The minimum Gasteiger partial charge on any atom is -0.494 e. The summed E-state index contributed by atoms with van der Waals surface area (Å²) in [7, 11) is 0. The molecule has 0 radical (unpaired) electrons. The summed E-state index contributed by atoms with van der Waals surface area (Å²) in [6, 6.07) is 14.0. The summed E-state index contributed by atoms with van der Waals surface area (Å²) < 4.78 is 5.61. The van der Waals surface area contributed by atoms with Gasteiger partial charge in [0.2, 0.25) is 5.91 Å². The second kappa shape index (κ2) is 8.63. The molecule has 0 fully saturated rings. The Labute approximate surface area is 142 Å². The van der Waals surface area contributed by atoms with Gasteiger partial charge in [0, 0.05) is 17.0 Å². The van der Waals surface area contributed by atoms with Gasteiger partial charge in [-0.15, -0.1) is 11.8 Å². The van der Waals surface area contributed by atoms with Crippen molar-refractivity contribution >= 4 is 23.4 Å². The molecule has 0 aliphatic carbocycles. The zero-order chi connectivity index (χ0) is 16.7. The molecule has 122 valence electrons. The number of hydrogen-bond acceptors (Lipinski definition) is 3. The van der Waals surface area contributed by atoms with Crippen molar-refractivity contribution in [2.24, 2.45) is 0 Å². The van der Waals surface area contributed by atoms with Crippen molar-refractivity contribution < 1.29 is 9.53 Å². The first-order chi connectivity index (χ1) is 11.1. The van der Waals surface area contributed by atoms with Crippen LogP contribution in [-0.2, 0) is 10.5 Å². The van der Waals surface area contributed by atoms with Gasteiger partial charge in [-0.1, -0.05) is 30.3 Å². The van der Waals surface area contributed by atoms with Crippen LogP contribution in [0.3, 0.4) is 0 Å². The summed E-state index contributed by atoms with van der Waals surface area (Å²) in [6.07, 6.45) is 0. The van der Waals surface area contributed by atoms with E-state index >= 15 is 0 Å². The van der Waals surface area contributed by atoms with E-state index in [4.69, 9.17) is 4.74 Å². The minimum atomic E-state index is 0.0255. The van der Waals surface area contributed by atoms with E-state index < -0.39 is 0 Å². The smallest absolute Gasteiger partial charge is 0.234 e. The number of aryl methyl sites for hydroxylation is 2. The predicted octanol–water partition coefficient (Wildman–Crippen LogP) is 4.57. The van der Waals surface area contributed by atoms with Gasteiger partial charge in [0.05, 0.1) is 12.4 Å². The lowest BCUT2D eigenvalue weighted by Gasteiger charge is -2.11. The monoisotopic (exact) mass is 329 g/mol. The molecule has 0 heterocycles. The van der Waals surface area contributed by atoms with Crippen LogP contribution in [0, 0.1) is 13.8 Å². The van der Waals surface area contributed by atoms with Crippen LogP contribution in [0.4, 0.5) is 5.69 Å². The molecule has 0 saturated heterocycles. The highest BCUT2D eigenvalue weighted by Gasteiger charge is 2.07. The molecule has 4 heteroatoms. The number of hydrogen-bond donors (Lipinski definition) is 1. The maximum atomic E-state index is 12.1. The van der Waals surface area contributed by atoms with Gasteiger partial charge in [0.25, 0.3) is 0 Å². The maximum Gasteiger partial charge on any atom is 0.234 e. The molecule has 2 aromatic carbocycles. The van der Waals surface area contributed by atoms with Gasteiger partial charge < -0.3 is 10.1 Å². The molecule has 0 aliphatic heterocycles. The van der Waals surface area contributed by atoms with Gasteiger partial charge in [-0.3, -0.25) is 4.79 Å². The molecule has 1 amide bonds.